The van der Waals surface area contributed by atoms with Crippen LogP contribution in [0.3, 0.4) is 0 Å². The fourth-order valence-corrected chi connectivity index (χ4v) is 1.12. The van der Waals surface area contributed by atoms with E-state index in [0.717, 1.165) is 12.8 Å². The molecule has 0 atom stereocenters. The van der Waals surface area contributed by atoms with Gasteiger partial charge in [0.05, 0.1) is 5.70 Å². The number of carbonyl (C=O) groups excluding carboxylic acids is 2. The van der Waals surface area contributed by atoms with Crippen molar-refractivity contribution in [1.29, 1.82) is 0 Å². The molecular weight excluding hydrogens is 154 g/mol. The van der Waals surface area contributed by atoms with E-state index in [-0.39, 0.29) is 11.7 Å². The molecule has 0 unspecified atom stereocenters. The first kappa shape index (κ1) is 8.97. The van der Waals surface area contributed by atoms with Gasteiger partial charge in [-0.2, -0.15) is 0 Å². The van der Waals surface area contributed by atoms with Gasteiger partial charge in [0.25, 0.3) is 0 Å². The zero-order valence-electron chi connectivity index (χ0n) is 7.22. The normalized spacial score (nSPS) is 17.1. The minimum Gasteiger partial charge on any atom is -0.323 e. The molecule has 0 saturated carbocycles. The van der Waals surface area contributed by atoms with Gasteiger partial charge in [-0.1, -0.05) is 13.0 Å². The molecule has 1 N–H and O–H groups in total. The van der Waals surface area contributed by atoms with E-state index in [0.29, 0.717) is 18.5 Å². The Morgan fingerprint density at radius 3 is 3.00 bits per heavy atom. The summed E-state index contributed by atoms with van der Waals surface area (Å²) in [6.45, 7) is 1.77. The Kier molecular flexibility index (Phi) is 3.02. The summed E-state index contributed by atoms with van der Waals surface area (Å²) in [5, 5.41) is 2.59. The molecule has 0 bridgehead atoms. The lowest BCUT2D eigenvalue weighted by atomic mass is 10.0. The molecule has 3 heteroatoms. The van der Waals surface area contributed by atoms with Crippen molar-refractivity contribution in [3.05, 3.63) is 11.8 Å². The topological polar surface area (TPSA) is 46.2 Å². The van der Waals surface area contributed by atoms with E-state index in [1.807, 2.05) is 0 Å². The molecule has 0 heterocycles. The van der Waals surface area contributed by atoms with Gasteiger partial charge in [-0.15, -0.1) is 0 Å². The Morgan fingerprint density at radius 2 is 2.42 bits per heavy atom. The van der Waals surface area contributed by atoms with Crippen LogP contribution in [-0.2, 0) is 9.59 Å². The van der Waals surface area contributed by atoms with Crippen molar-refractivity contribution in [3.8, 4) is 0 Å². The highest BCUT2D eigenvalue weighted by atomic mass is 16.2. The molecule has 0 aromatic heterocycles. The number of nitrogens with one attached hydrogen (secondary N) is 1. The van der Waals surface area contributed by atoms with Crippen LogP contribution in [0.2, 0.25) is 0 Å². The smallest absolute Gasteiger partial charge is 0.224 e. The lowest BCUT2D eigenvalue weighted by Crippen LogP contribution is -2.27. The molecule has 0 aromatic rings. The molecule has 0 spiro atoms. The van der Waals surface area contributed by atoms with Crippen LogP contribution in [0.15, 0.2) is 11.8 Å². The van der Waals surface area contributed by atoms with Crippen molar-refractivity contribution in [1.82, 2.24) is 5.32 Å². The molecule has 0 aromatic carbocycles. The summed E-state index contributed by atoms with van der Waals surface area (Å²) in [5.41, 5.74) is 0.494. The molecule has 0 fully saturated rings. The van der Waals surface area contributed by atoms with E-state index in [1.54, 1.807) is 13.0 Å². The van der Waals surface area contributed by atoms with Crippen molar-refractivity contribution >= 4 is 11.7 Å². The number of hydrogen-bond donors (Lipinski definition) is 1. The van der Waals surface area contributed by atoms with E-state index in [9.17, 15) is 9.59 Å². The van der Waals surface area contributed by atoms with E-state index in [4.69, 9.17) is 0 Å². The minimum absolute atomic E-state index is 0.0584. The first-order valence-electron chi connectivity index (χ1n) is 4.27. The van der Waals surface area contributed by atoms with Gasteiger partial charge in [0.1, 0.15) is 0 Å². The fraction of sp³-hybridized carbons (Fsp3) is 0.556. The monoisotopic (exact) mass is 167 g/mol. The van der Waals surface area contributed by atoms with Crippen LogP contribution < -0.4 is 5.32 Å². The third-order valence-electron chi connectivity index (χ3n) is 1.85. The third-order valence-corrected chi connectivity index (χ3v) is 1.85. The maximum atomic E-state index is 11.2. The summed E-state index contributed by atoms with van der Waals surface area (Å²) in [7, 11) is 0. The zero-order valence-corrected chi connectivity index (χ0v) is 7.22. The lowest BCUT2D eigenvalue weighted by Gasteiger charge is -2.11. The fourth-order valence-electron chi connectivity index (χ4n) is 1.12. The molecule has 66 valence electrons. The minimum atomic E-state index is -0.0866. The average Bonchev–Trinajstić information content (AvgIpc) is 2.09. The summed E-state index contributed by atoms with van der Waals surface area (Å²) < 4.78 is 0. The van der Waals surface area contributed by atoms with Gasteiger partial charge in [0.2, 0.25) is 5.91 Å². The van der Waals surface area contributed by atoms with E-state index < -0.39 is 0 Å². The summed E-state index contributed by atoms with van der Waals surface area (Å²) in [5.74, 6) is -0.0282. The Morgan fingerprint density at radius 1 is 1.67 bits per heavy atom. The molecule has 0 saturated heterocycles. The van der Waals surface area contributed by atoms with Crippen LogP contribution in [0.5, 0.6) is 0 Å². The van der Waals surface area contributed by atoms with E-state index >= 15 is 0 Å². The van der Waals surface area contributed by atoms with Gasteiger partial charge in [-0.25, -0.2) is 0 Å². The predicted octanol–water partition coefficient (Wildman–Crippen LogP) is 1.15. The first-order valence-corrected chi connectivity index (χ1v) is 4.27. The number of carbonyl (C=O) groups is 2. The predicted molar refractivity (Wildman–Crippen MR) is 45.4 cm³/mol. The van der Waals surface area contributed by atoms with Gasteiger partial charge >= 0.3 is 0 Å². The van der Waals surface area contributed by atoms with Gasteiger partial charge in [0, 0.05) is 12.8 Å². The highest BCUT2D eigenvalue weighted by Crippen LogP contribution is 2.11. The number of rotatable bonds is 2. The second-order valence-electron chi connectivity index (χ2n) is 2.83. The van der Waals surface area contributed by atoms with Crippen molar-refractivity contribution < 1.29 is 9.59 Å². The first-order chi connectivity index (χ1) is 5.74. The van der Waals surface area contributed by atoms with Crippen LogP contribution in [0.25, 0.3) is 0 Å². The number of Topliss-reactive ketones (excluding diaryl/α,β-unsaturated/α-hetero) is 1. The number of allylic oxidation sites excluding steroid dienone is 2. The third kappa shape index (κ3) is 2.19. The molecule has 1 aliphatic rings. The molecule has 12 heavy (non-hydrogen) atoms. The molecule has 3 nitrogen and oxygen atoms in total. The van der Waals surface area contributed by atoms with Crippen molar-refractivity contribution in [3.63, 3.8) is 0 Å². The molecule has 0 aliphatic heterocycles. The molecule has 1 rings (SSSR count). The number of hydrogen-bond acceptors (Lipinski definition) is 2. The average molecular weight is 167 g/mol. The largest absolute Gasteiger partial charge is 0.323 e. The van der Waals surface area contributed by atoms with Crippen LogP contribution >= 0.6 is 0 Å². The van der Waals surface area contributed by atoms with E-state index in [2.05, 4.69) is 5.32 Å². The van der Waals surface area contributed by atoms with Crippen LogP contribution in [0.1, 0.15) is 32.6 Å². The summed E-state index contributed by atoms with van der Waals surface area (Å²) in [6.07, 6.45) is 4.59. The Hall–Kier alpha value is -1.12. The zero-order chi connectivity index (χ0) is 8.97. The maximum Gasteiger partial charge on any atom is 0.224 e. The van der Waals surface area contributed by atoms with Crippen molar-refractivity contribution in [2.24, 2.45) is 0 Å². The Balaban J connectivity index is 2.55. The van der Waals surface area contributed by atoms with Crippen molar-refractivity contribution in [2.75, 3.05) is 0 Å². The Bertz CT molecular complexity index is 231. The highest BCUT2D eigenvalue weighted by Gasteiger charge is 2.14. The summed E-state index contributed by atoms with van der Waals surface area (Å²) >= 11 is 0. The standard InChI is InChI=1S/C9H13NO2/c1-2-9(12)10-7-5-3-4-6-8(7)11/h5H,2-4,6H2,1H3,(H,10,12). The molecule has 1 amide bonds. The number of ketones is 1. The number of amides is 1. The maximum absolute atomic E-state index is 11.2. The molecule has 0 radical (unpaired) electrons. The SMILES string of the molecule is CCC(=O)NC1=CCCCC1=O. The molecular formula is C9H13NO2. The van der Waals surface area contributed by atoms with Gasteiger partial charge in [-0.3, -0.25) is 9.59 Å². The summed E-state index contributed by atoms with van der Waals surface area (Å²) in [6, 6.07) is 0. The summed E-state index contributed by atoms with van der Waals surface area (Å²) in [4.78, 5) is 22.1. The second-order valence-corrected chi connectivity index (χ2v) is 2.83. The van der Waals surface area contributed by atoms with Gasteiger partial charge < -0.3 is 5.32 Å². The second kappa shape index (κ2) is 4.04. The van der Waals surface area contributed by atoms with Crippen LogP contribution in [0.4, 0.5) is 0 Å². The van der Waals surface area contributed by atoms with Crippen molar-refractivity contribution in [2.45, 2.75) is 32.6 Å². The van der Waals surface area contributed by atoms with Crippen LogP contribution in [-0.4, -0.2) is 11.7 Å². The Labute approximate surface area is 71.8 Å². The van der Waals surface area contributed by atoms with Gasteiger partial charge in [-0.05, 0) is 12.8 Å². The van der Waals surface area contributed by atoms with Gasteiger partial charge in [0.15, 0.2) is 5.78 Å². The van der Waals surface area contributed by atoms with Crippen LogP contribution in [0, 0.1) is 0 Å². The highest BCUT2D eigenvalue weighted by molar-refractivity contribution is 5.99. The quantitative estimate of drug-likeness (QED) is 0.670. The van der Waals surface area contributed by atoms with E-state index in [1.165, 1.54) is 0 Å². The molecule has 1 aliphatic carbocycles. The lowest BCUT2D eigenvalue weighted by molar-refractivity contribution is -0.123.